The Morgan fingerprint density at radius 1 is 1.50 bits per heavy atom. The summed E-state index contributed by atoms with van der Waals surface area (Å²) >= 11 is 3.42. The highest BCUT2D eigenvalue weighted by atomic mass is 79.9. The van der Waals surface area contributed by atoms with E-state index in [4.69, 9.17) is 5.73 Å². The van der Waals surface area contributed by atoms with Gasteiger partial charge in [-0.25, -0.2) is 4.39 Å². The molecule has 0 bridgehead atoms. The second-order valence-electron chi connectivity index (χ2n) is 4.82. The molecule has 5 heteroatoms. The van der Waals surface area contributed by atoms with Crippen LogP contribution < -0.4 is 5.73 Å². The molecule has 1 aromatic carbocycles. The summed E-state index contributed by atoms with van der Waals surface area (Å²) in [5.74, 6) is 0.415. The molecule has 0 aliphatic carbocycles. The van der Waals surface area contributed by atoms with Crippen molar-refractivity contribution in [3.8, 4) is 0 Å². The van der Waals surface area contributed by atoms with E-state index in [1.165, 1.54) is 6.07 Å². The van der Waals surface area contributed by atoms with Crippen LogP contribution in [0.25, 0.3) is 0 Å². The molecule has 0 saturated carbocycles. The zero-order chi connectivity index (χ0) is 12.4. The van der Waals surface area contributed by atoms with Gasteiger partial charge in [-0.2, -0.15) is 0 Å². The van der Waals surface area contributed by atoms with Gasteiger partial charge in [-0.3, -0.25) is 4.90 Å². The Morgan fingerprint density at radius 2 is 2.22 bits per heavy atom. The fourth-order valence-corrected chi connectivity index (χ4v) is 2.96. The monoisotopic (exact) mass is 336 g/mol. The summed E-state index contributed by atoms with van der Waals surface area (Å²) in [5, 5.41) is 0. The van der Waals surface area contributed by atoms with E-state index in [0.717, 1.165) is 29.5 Å². The number of likely N-dealkylation sites (tertiary alicyclic amines) is 1. The highest BCUT2D eigenvalue weighted by Gasteiger charge is 2.28. The van der Waals surface area contributed by atoms with E-state index in [-0.39, 0.29) is 18.2 Å². The predicted molar refractivity (Wildman–Crippen MR) is 78.4 cm³/mol. The van der Waals surface area contributed by atoms with Gasteiger partial charge in [-0.05, 0) is 37.9 Å². The third kappa shape index (κ3) is 3.44. The Kier molecular flexibility index (Phi) is 6.05. The van der Waals surface area contributed by atoms with Crippen LogP contribution in [-0.4, -0.2) is 24.0 Å². The molecule has 2 unspecified atom stereocenters. The Balaban J connectivity index is 0.00000162. The van der Waals surface area contributed by atoms with Crippen LogP contribution >= 0.6 is 28.3 Å². The number of hydrogen-bond acceptors (Lipinski definition) is 2. The zero-order valence-electron chi connectivity index (χ0n) is 10.4. The molecule has 2 N–H and O–H groups in total. The summed E-state index contributed by atoms with van der Waals surface area (Å²) in [6.45, 7) is 4.53. The van der Waals surface area contributed by atoms with Crippen molar-refractivity contribution in [2.75, 3.05) is 13.1 Å². The van der Waals surface area contributed by atoms with Crippen molar-refractivity contribution in [2.24, 2.45) is 11.7 Å². The number of halogens is 3. The maximum absolute atomic E-state index is 13.7. The van der Waals surface area contributed by atoms with Crippen LogP contribution in [0.3, 0.4) is 0 Å². The lowest BCUT2D eigenvalue weighted by Gasteiger charge is -2.22. The molecule has 2 rings (SSSR count). The first-order valence-electron chi connectivity index (χ1n) is 5.98. The molecule has 1 saturated heterocycles. The van der Waals surface area contributed by atoms with E-state index in [9.17, 15) is 4.39 Å². The minimum Gasteiger partial charge on any atom is -0.330 e. The normalized spacial score (nSPS) is 24.0. The van der Waals surface area contributed by atoms with Gasteiger partial charge in [0.1, 0.15) is 5.82 Å². The van der Waals surface area contributed by atoms with E-state index in [1.807, 2.05) is 6.07 Å². The molecular formula is C13H19BrClFN2. The number of hydrogen-bond donors (Lipinski definition) is 1. The van der Waals surface area contributed by atoms with Crippen molar-refractivity contribution in [3.63, 3.8) is 0 Å². The van der Waals surface area contributed by atoms with Crippen LogP contribution in [0.15, 0.2) is 22.7 Å². The van der Waals surface area contributed by atoms with Gasteiger partial charge in [0.05, 0.1) is 0 Å². The molecule has 18 heavy (non-hydrogen) atoms. The third-order valence-corrected chi connectivity index (χ3v) is 4.29. The van der Waals surface area contributed by atoms with Crippen LogP contribution in [0.5, 0.6) is 0 Å². The largest absolute Gasteiger partial charge is 0.330 e. The smallest absolute Gasteiger partial charge is 0.128 e. The van der Waals surface area contributed by atoms with Crippen molar-refractivity contribution in [3.05, 3.63) is 34.1 Å². The predicted octanol–water partition coefficient (Wildman–Crippen LogP) is 3.18. The topological polar surface area (TPSA) is 29.3 Å². The molecule has 1 aromatic rings. The molecule has 1 heterocycles. The molecular weight excluding hydrogens is 319 g/mol. The minimum atomic E-state index is -0.136. The lowest BCUT2D eigenvalue weighted by Crippen LogP contribution is -2.28. The maximum Gasteiger partial charge on any atom is 0.128 e. The van der Waals surface area contributed by atoms with E-state index in [2.05, 4.69) is 27.8 Å². The van der Waals surface area contributed by atoms with Crippen LogP contribution in [0.1, 0.15) is 18.9 Å². The van der Waals surface area contributed by atoms with Crippen molar-refractivity contribution < 1.29 is 4.39 Å². The number of rotatable bonds is 3. The number of benzene rings is 1. The van der Waals surface area contributed by atoms with Crippen LogP contribution in [0, 0.1) is 11.7 Å². The first-order valence-corrected chi connectivity index (χ1v) is 6.78. The molecule has 0 aromatic heterocycles. The fraction of sp³-hybridized carbons (Fsp3) is 0.538. The lowest BCUT2D eigenvalue weighted by atomic mass is 10.1. The number of nitrogens with two attached hydrogens (primary N) is 1. The third-order valence-electron chi connectivity index (χ3n) is 3.55. The van der Waals surface area contributed by atoms with Gasteiger partial charge < -0.3 is 5.73 Å². The zero-order valence-corrected chi connectivity index (χ0v) is 12.8. The standard InChI is InChI=1S/C13H18BrFN2.ClH/c1-9-5-10(6-16)7-17(9)8-11-12(14)3-2-4-13(11)15;/h2-4,9-10H,5-8,16H2,1H3;1H. The molecule has 102 valence electrons. The average molecular weight is 338 g/mol. The maximum atomic E-state index is 13.7. The summed E-state index contributed by atoms with van der Waals surface area (Å²) in [6, 6.07) is 5.61. The second kappa shape index (κ2) is 6.85. The molecule has 0 amide bonds. The van der Waals surface area contributed by atoms with E-state index in [0.29, 0.717) is 18.5 Å². The van der Waals surface area contributed by atoms with Gasteiger partial charge in [0.25, 0.3) is 0 Å². The molecule has 0 radical (unpaired) electrons. The second-order valence-corrected chi connectivity index (χ2v) is 5.67. The highest BCUT2D eigenvalue weighted by Crippen LogP contribution is 2.27. The lowest BCUT2D eigenvalue weighted by molar-refractivity contribution is 0.252. The van der Waals surface area contributed by atoms with Crippen molar-refractivity contribution in [2.45, 2.75) is 25.9 Å². The Labute approximate surface area is 122 Å². The van der Waals surface area contributed by atoms with E-state index >= 15 is 0 Å². The fourth-order valence-electron chi connectivity index (χ4n) is 2.50. The Bertz CT molecular complexity index is 382. The summed E-state index contributed by atoms with van der Waals surface area (Å²) in [5.41, 5.74) is 6.45. The van der Waals surface area contributed by atoms with Gasteiger partial charge in [-0.15, -0.1) is 12.4 Å². The van der Waals surface area contributed by atoms with Gasteiger partial charge in [-0.1, -0.05) is 22.0 Å². The quantitative estimate of drug-likeness (QED) is 0.918. The molecule has 1 fully saturated rings. The van der Waals surface area contributed by atoms with Crippen LogP contribution in [0.4, 0.5) is 4.39 Å². The Morgan fingerprint density at radius 3 is 2.78 bits per heavy atom. The first-order chi connectivity index (χ1) is 8.11. The summed E-state index contributed by atoms with van der Waals surface area (Å²) in [6.07, 6.45) is 1.11. The molecule has 1 aliphatic heterocycles. The molecule has 1 aliphatic rings. The summed E-state index contributed by atoms with van der Waals surface area (Å²) < 4.78 is 14.6. The van der Waals surface area contributed by atoms with Crippen molar-refractivity contribution in [1.82, 2.24) is 4.90 Å². The van der Waals surface area contributed by atoms with Crippen molar-refractivity contribution in [1.29, 1.82) is 0 Å². The SMILES string of the molecule is CC1CC(CN)CN1Cc1c(F)cccc1Br.Cl. The van der Waals surface area contributed by atoms with E-state index in [1.54, 1.807) is 6.07 Å². The van der Waals surface area contributed by atoms with Crippen LogP contribution in [-0.2, 0) is 6.54 Å². The van der Waals surface area contributed by atoms with Crippen LogP contribution in [0.2, 0.25) is 0 Å². The summed E-state index contributed by atoms with van der Waals surface area (Å²) in [4.78, 5) is 2.31. The average Bonchev–Trinajstić information content (AvgIpc) is 2.65. The van der Waals surface area contributed by atoms with Gasteiger partial charge in [0.2, 0.25) is 0 Å². The Hall–Kier alpha value is -0.160. The van der Waals surface area contributed by atoms with Gasteiger partial charge in [0.15, 0.2) is 0 Å². The first kappa shape index (κ1) is 15.9. The molecule has 2 atom stereocenters. The van der Waals surface area contributed by atoms with Gasteiger partial charge >= 0.3 is 0 Å². The molecule has 2 nitrogen and oxygen atoms in total. The molecule has 0 spiro atoms. The minimum absolute atomic E-state index is 0. The number of nitrogens with zero attached hydrogens (tertiary/aromatic N) is 1. The van der Waals surface area contributed by atoms with E-state index < -0.39 is 0 Å². The highest BCUT2D eigenvalue weighted by molar-refractivity contribution is 9.10. The summed E-state index contributed by atoms with van der Waals surface area (Å²) in [7, 11) is 0. The van der Waals surface area contributed by atoms with Gasteiger partial charge in [0, 0.05) is 29.2 Å². The van der Waals surface area contributed by atoms with Crippen molar-refractivity contribution >= 4 is 28.3 Å².